The molecular weight excluding hydrogens is 448 g/mol. The van der Waals surface area contributed by atoms with Crippen LogP contribution in [0.4, 0.5) is 10.5 Å². The molecule has 10 heteroatoms. The lowest BCUT2D eigenvalue weighted by Crippen LogP contribution is -2.34. The summed E-state index contributed by atoms with van der Waals surface area (Å²) in [7, 11) is 3.52. The standard InChI is InChI=1S/C23H25ClN4O5/c1-27-10-8-16(9-11-27)28-23(30)33-21(26-28)17-12-18(24)19(13-20(17)31-2)25-22(29)32-14-15-6-4-3-5-7-15/h3-7,12-13,16H,8-11,14H2,1-2H3,(H,25,29). The molecule has 0 atom stereocenters. The first-order valence-corrected chi connectivity index (χ1v) is 11.0. The molecule has 4 rings (SSSR count). The maximum absolute atomic E-state index is 12.5. The number of piperidine rings is 1. The lowest BCUT2D eigenvalue weighted by Gasteiger charge is -2.27. The van der Waals surface area contributed by atoms with Crippen LogP contribution in [0.1, 0.15) is 24.4 Å². The number of hydrogen-bond acceptors (Lipinski definition) is 7. The van der Waals surface area contributed by atoms with Gasteiger partial charge in [-0.3, -0.25) is 5.32 Å². The van der Waals surface area contributed by atoms with Crippen LogP contribution in [0.3, 0.4) is 0 Å². The second-order valence-corrected chi connectivity index (χ2v) is 8.28. The van der Waals surface area contributed by atoms with Gasteiger partial charge >= 0.3 is 11.8 Å². The van der Waals surface area contributed by atoms with Gasteiger partial charge in [-0.2, -0.15) is 4.68 Å². The van der Waals surface area contributed by atoms with Crippen LogP contribution >= 0.6 is 11.6 Å². The first kappa shape index (κ1) is 22.9. The molecule has 1 aliphatic rings. The molecule has 1 N–H and O–H groups in total. The number of amides is 1. The highest BCUT2D eigenvalue weighted by Gasteiger charge is 2.25. The summed E-state index contributed by atoms with van der Waals surface area (Å²) in [6.07, 6.45) is 0.969. The van der Waals surface area contributed by atoms with Gasteiger partial charge in [-0.05, 0) is 44.6 Å². The van der Waals surface area contributed by atoms with E-state index in [4.69, 9.17) is 25.5 Å². The molecule has 0 unspecified atom stereocenters. The highest BCUT2D eigenvalue weighted by Crippen LogP contribution is 2.36. The molecule has 0 aliphatic carbocycles. The Morgan fingerprint density at radius 2 is 1.97 bits per heavy atom. The summed E-state index contributed by atoms with van der Waals surface area (Å²) in [5, 5.41) is 7.23. The molecule has 2 aromatic carbocycles. The summed E-state index contributed by atoms with van der Waals surface area (Å²) in [4.78, 5) is 26.9. The van der Waals surface area contributed by atoms with Crippen molar-refractivity contribution in [2.45, 2.75) is 25.5 Å². The smallest absolute Gasteiger partial charge is 0.437 e. The number of nitrogens with one attached hydrogen (secondary N) is 1. The van der Waals surface area contributed by atoms with E-state index in [1.54, 1.807) is 0 Å². The number of carbonyl (C=O) groups is 1. The third kappa shape index (κ3) is 5.37. The Hall–Kier alpha value is -3.30. The molecular formula is C23H25ClN4O5. The zero-order valence-corrected chi connectivity index (χ0v) is 19.2. The fourth-order valence-corrected chi connectivity index (χ4v) is 3.93. The van der Waals surface area contributed by atoms with Gasteiger partial charge in [0, 0.05) is 6.07 Å². The number of halogens is 1. The Morgan fingerprint density at radius 1 is 1.24 bits per heavy atom. The van der Waals surface area contributed by atoms with Gasteiger partial charge in [0.2, 0.25) is 0 Å². The second kappa shape index (κ2) is 10.1. The van der Waals surface area contributed by atoms with Crippen LogP contribution in [0.5, 0.6) is 5.75 Å². The number of hydrogen-bond donors (Lipinski definition) is 1. The summed E-state index contributed by atoms with van der Waals surface area (Å²) in [5.41, 5.74) is 1.57. The number of likely N-dealkylation sites (tertiary alicyclic amines) is 1. The fourth-order valence-electron chi connectivity index (χ4n) is 3.72. The number of methoxy groups -OCH3 is 1. The highest BCUT2D eigenvalue weighted by molar-refractivity contribution is 6.34. The maximum Gasteiger partial charge on any atom is 0.437 e. The minimum atomic E-state index is -0.659. The monoisotopic (exact) mass is 472 g/mol. The van der Waals surface area contributed by atoms with Crippen LogP contribution in [0, 0.1) is 0 Å². The molecule has 9 nitrogen and oxygen atoms in total. The number of carbonyl (C=O) groups excluding carboxylic acids is 1. The zero-order chi connectivity index (χ0) is 23.4. The second-order valence-electron chi connectivity index (χ2n) is 7.87. The number of ether oxygens (including phenoxy) is 2. The van der Waals surface area contributed by atoms with Crippen molar-refractivity contribution in [3.63, 3.8) is 0 Å². The minimum Gasteiger partial charge on any atom is -0.496 e. The summed E-state index contributed by atoms with van der Waals surface area (Å²) in [5.74, 6) is -0.0742. The average Bonchev–Trinajstić information content (AvgIpc) is 3.21. The van der Waals surface area contributed by atoms with Crippen molar-refractivity contribution in [1.29, 1.82) is 0 Å². The Morgan fingerprint density at radius 3 is 2.67 bits per heavy atom. The molecule has 1 aliphatic heterocycles. The molecule has 1 aromatic heterocycles. The summed E-state index contributed by atoms with van der Waals surface area (Å²) in [6, 6.07) is 12.4. The van der Waals surface area contributed by atoms with E-state index in [2.05, 4.69) is 15.3 Å². The van der Waals surface area contributed by atoms with Gasteiger partial charge in [-0.1, -0.05) is 41.9 Å². The van der Waals surface area contributed by atoms with E-state index in [0.717, 1.165) is 31.5 Å². The summed E-state index contributed by atoms with van der Waals surface area (Å²) >= 11 is 6.40. The highest BCUT2D eigenvalue weighted by atomic mass is 35.5. The quantitative estimate of drug-likeness (QED) is 0.574. The van der Waals surface area contributed by atoms with Crippen molar-refractivity contribution < 1.29 is 18.7 Å². The Kier molecular flexibility index (Phi) is 7.00. The van der Waals surface area contributed by atoms with Gasteiger partial charge in [0.25, 0.3) is 5.89 Å². The Labute approximate surface area is 195 Å². The third-order valence-electron chi connectivity index (χ3n) is 5.57. The molecule has 0 radical (unpaired) electrons. The lowest BCUT2D eigenvalue weighted by atomic mass is 10.1. The Balaban J connectivity index is 1.51. The van der Waals surface area contributed by atoms with Crippen molar-refractivity contribution in [1.82, 2.24) is 14.7 Å². The normalized spacial score (nSPS) is 14.8. The SMILES string of the molecule is COc1cc(NC(=O)OCc2ccccc2)c(Cl)cc1-c1nn(C2CCN(C)CC2)c(=O)o1. The van der Waals surface area contributed by atoms with Gasteiger partial charge in [0.15, 0.2) is 0 Å². The molecule has 1 saturated heterocycles. The van der Waals surface area contributed by atoms with Gasteiger partial charge in [0.1, 0.15) is 12.4 Å². The molecule has 0 bridgehead atoms. The zero-order valence-electron chi connectivity index (χ0n) is 18.4. The molecule has 3 aromatic rings. The molecule has 174 valence electrons. The van der Waals surface area contributed by atoms with Gasteiger partial charge < -0.3 is 18.8 Å². The molecule has 0 saturated carbocycles. The van der Waals surface area contributed by atoms with Crippen molar-refractivity contribution >= 4 is 23.4 Å². The molecule has 1 amide bonds. The average molecular weight is 473 g/mol. The lowest BCUT2D eigenvalue weighted by molar-refractivity contribution is 0.155. The largest absolute Gasteiger partial charge is 0.496 e. The molecule has 0 spiro atoms. The maximum atomic E-state index is 12.5. The Bertz CT molecular complexity index is 1170. The van der Waals surface area contributed by atoms with Crippen molar-refractivity contribution in [3.8, 4) is 17.2 Å². The van der Waals surface area contributed by atoms with E-state index in [-0.39, 0.29) is 23.6 Å². The van der Waals surface area contributed by atoms with E-state index in [1.165, 1.54) is 23.9 Å². The number of benzene rings is 2. The fraction of sp³-hybridized carbons (Fsp3) is 0.348. The van der Waals surface area contributed by atoms with Gasteiger partial charge in [-0.15, -0.1) is 5.10 Å². The van der Waals surface area contributed by atoms with E-state index in [1.807, 2.05) is 37.4 Å². The number of nitrogens with zero attached hydrogens (tertiary/aromatic N) is 3. The predicted octanol–water partition coefficient (Wildman–Crippen LogP) is 4.18. The van der Waals surface area contributed by atoms with Crippen LogP contribution in [-0.4, -0.2) is 48.0 Å². The third-order valence-corrected chi connectivity index (χ3v) is 5.89. The molecule has 1 fully saturated rings. The topological polar surface area (TPSA) is 98.8 Å². The summed E-state index contributed by atoms with van der Waals surface area (Å²) in [6.45, 7) is 1.89. The van der Waals surface area contributed by atoms with E-state index >= 15 is 0 Å². The van der Waals surface area contributed by atoms with Crippen LogP contribution in [-0.2, 0) is 11.3 Å². The number of rotatable bonds is 6. The minimum absolute atomic E-state index is 0.0204. The van der Waals surface area contributed by atoms with Gasteiger partial charge in [-0.25, -0.2) is 9.59 Å². The van der Waals surface area contributed by atoms with Crippen molar-refractivity contribution in [2.24, 2.45) is 0 Å². The molecule has 2 heterocycles. The molecule has 33 heavy (non-hydrogen) atoms. The van der Waals surface area contributed by atoms with E-state index in [9.17, 15) is 9.59 Å². The number of aromatic nitrogens is 2. The first-order chi connectivity index (χ1) is 15.9. The van der Waals surface area contributed by atoms with E-state index in [0.29, 0.717) is 17.0 Å². The van der Waals surface area contributed by atoms with Crippen molar-refractivity contribution in [2.75, 3.05) is 32.6 Å². The summed E-state index contributed by atoms with van der Waals surface area (Å²) < 4.78 is 17.5. The predicted molar refractivity (Wildman–Crippen MR) is 124 cm³/mol. The van der Waals surface area contributed by atoms with Crippen LogP contribution in [0.25, 0.3) is 11.5 Å². The van der Waals surface area contributed by atoms with Crippen LogP contribution in [0.2, 0.25) is 5.02 Å². The van der Waals surface area contributed by atoms with E-state index < -0.39 is 11.8 Å². The van der Waals surface area contributed by atoms with Crippen LogP contribution < -0.4 is 15.8 Å². The number of anilines is 1. The first-order valence-electron chi connectivity index (χ1n) is 10.6. The van der Waals surface area contributed by atoms with Gasteiger partial charge in [0.05, 0.1) is 29.4 Å². The van der Waals surface area contributed by atoms with Crippen molar-refractivity contribution in [3.05, 3.63) is 63.6 Å². The van der Waals surface area contributed by atoms with Crippen LogP contribution in [0.15, 0.2) is 51.7 Å².